The van der Waals surface area contributed by atoms with E-state index in [1.165, 1.54) is 0 Å². The van der Waals surface area contributed by atoms with Crippen molar-refractivity contribution in [3.63, 3.8) is 0 Å². The zero-order valence-corrected chi connectivity index (χ0v) is 25.3. The summed E-state index contributed by atoms with van der Waals surface area (Å²) in [5.74, 6) is 0. The summed E-state index contributed by atoms with van der Waals surface area (Å²) in [5, 5.41) is 0. The van der Waals surface area contributed by atoms with E-state index in [0.29, 0.717) is 33.0 Å². The number of ether oxygens (including phenoxy) is 6. The fourth-order valence-electron chi connectivity index (χ4n) is 5.58. The van der Waals surface area contributed by atoms with Crippen molar-refractivity contribution in [1.29, 1.82) is 0 Å². The van der Waals surface area contributed by atoms with E-state index >= 15 is 0 Å². The topological polar surface area (TPSA) is 55.4 Å². The number of hydrogen-bond donors (Lipinski definition) is 0. The second-order valence-electron chi connectivity index (χ2n) is 10.8. The Bertz CT molecular complexity index is 1350. The second kappa shape index (κ2) is 17.0. The van der Waals surface area contributed by atoms with Crippen molar-refractivity contribution in [2.45, 2.75) is 63.1 Å². The van der Waals surface area contributed by atoms with Crippen LogP contribution in [0, 0.1) is 0 Å². The maximum absolute atomic E-state index is 6.77. The Morgan fingerprint density at radius 2 is 0.705 bits per heavy atom. The molecule has 1 saturated carbocycles. The smallest absolute Gasteiger partial charge is 0.116 e. The third-order valence-electron chi connectivity index (χ3n) is 7.76. The first-order chi connectivity index (χ1) is 21.8. The van der Waals surface area contributed by atoms with E-state index in [9.17, 15) is 0 Å². The van der Waals surface area contributed by atoms with Crippen molar-refractivity contribution in [3.05, 3.63) is 156 Å². The lowest BCUT2D eigenvalue weighted by Crippen LogP contribution is -2.67. The van der Waals surface area contributed by atoms with Crippen molar-refractivity contribution in [3.8, 4) is 0 Å². The molecule has 0 spiro atoms. The van der Waals surface area contributed by atoms with Gasteiger partial charge in [-0.25, -0.2) is 0 Å². The number of rotatable bonds is 16. The van der Waals surface area contributed by atoms with E-state index in [1.807, 2.05) is 97.1 Å². The van der Waals surface area contributed by atoms with Crippen LogP contribution in [0.3, 0.4) is 0 Å². The molecule has 1 fully saturated rings. The molecule has 6 nitrogen and oxygen atoms in total. The summed E-state index contributed by atoms with van der Waals surface area (Å²) in [6.07, 6.45) is -1.39. The number of hydrogen-bond acceptors (Lipinski definition) is 6. The second-order valence-corrected chi connectivity index (χ2v) is 10.8. The monoisotopic (exact) mass is 594 g/mol. The molecule has 0 aliphatic heterocycles. The molecule has 0 unspecified atom stereocenters. The highest BCUT2D eigenvalue weighted by molar-refractivity contribution is 5.17. The van der Waals surface area contributed by atoms with Crippen LogP contribution in [0.15, 0.2) is 134 Å². The molecule has 0 radical (unpaired) electrons. The minimum atomic E-state index is -0.537. The average molecular weight is 595 g/mol. The molecule has 0 bridgehead atoms. The molecule has 4 aromatic carbocycles. The highest BCUT2D eigenvalue weighted by atomic mass is 16.6. The Hall–Kier alpha value is -3.62. The predicted molar refractivity (Wildman–Crippen MR) is 171 cm³/mol. The molecule has 6 atom stereocenters. The molecule has 6 heteroatoms. The van der Waals surface area contributed by atoms with E-state index in [4.69, 9.17) is 28.4 Å². The van der Waals surface area contributed by atoms with Gasteiger partial charge in [-0.15, -0.1) is 6.58 Å². The minimum Gasteiger partial charge on any atom is -0.376 e. The van der Waals surface area contributed by atoms with Crippen molar-refractivity contribution in [2.24, 2.45) is 0 Å². The van der Waals surface area contributed by atoms with Crippen LogP contribution < -0.4 is 0 Å². The Morgan fingerprint density at radius 3 is 0.977 bits per heavy atom. The van der Waals surface area contributed by atoms with Crippen molar-refractivity contribution in [2.75, 3.05) is 13.7 Å². The van der Waals surface area contributed by atoms with Gasteiger partial charge in [-0.2, -0.15) is 0 Å². The van der Waals surface area contributed by atoms with Crippen molar-refractivity contribution >= 4 is 0 Å². The van der Waals surface area contributed by atoms with Gasteiger partial charge in [-0.05, 0) is 22.3 Å². The molecule has 5 rings (SSSR count). The van der Waals surface area contributed by atoms with E-state index in [0.717, 1.165) is 22.3 Å². The maximum atomic E-state index is 6.77. The summed E-state index contributed by atoms with van der Waals surface area (Å²) in [4.78, 5) is 0. The minimum absolute atomic E-state index is 0.322. The van der Waals surface area contributed by atoms with Crippen molar-refractivity contribution < 1.29 is 28.4 Å². The van der Waals surface area contributed by atoms with Crippen LogP contribution in [0.4, 0.5) is 0 Å². The van der Waals surface area contributed by atoms with E-state index in [-0.39, 0.29) is 0 Å². The highest BCUT2D eigenvalue weighted by Crippen LogP contribution is 2.35. The Labute approximate surface area is 261 Å². The largest absolute Gasteiger partial charge is 0.376 e. The lowest BCUT2D eigenvalue weighted by atomic mass is 9.83. The van der Waals surface area contributed by atoms with Crippen LogP contribution in [0.5, 0.6) is 0 Å². The lowest BCUT2D eigenvalue weighted by molar-refractivity contribution is -0.284. The normalized spacial score (nSPS) is 23.3. The lowest BCUT2D eigenvalue weighted by Gasteiger charge is -2.49. The average Bonchev–Trinajstić information content (AvgIpc) is 3.09. The van der Waals surface area contributed by atoms with Crippen LogP contribution in [0.25, 0.3) is 0 Å². The number of benzene rings is 4. The molecule has 230 valence electrons. The van der Waals surface area contributed by atoms with E-state index in [1.54, 1.807) is 13.2 Å². The van der Waals surface area contributed by atoms with Gasteiger partial charge in [0.25, 0.3) is 0 Å². The van der Waals surface area contributed by atoms with Gasteiger partial charge in [-0.1, -0.05) is 127 Å². The van der Waals surface area contributed by atoms with Gasteiger partial charge in [-0.3, -0.25) is 0 Å². The van der Waals surface area contributed by atoms with Gasteiger partial charge in [0, 0.05) is 7.11 Å². The molecule has 0 heterocycles. The molecule has 1 aliphatic carbocycles. The Morgan fingerprint density at radius 1 is 0.432 bits per heavy atom. The molecule has 0 amide bonds. The zero-order valence-electron chi connectivity index (χ0n) is 25.3. The first-order valence-electron chi connectivity index (χ1n) is 15.1. The van der Waals surface area contributed by atoms with Gasteiger partial charge in [0.15, 0.2) is 0 Å². The van der Waals surface area contributed by atoms with Crippen LogP contribution in [0.2, 0.25) is 0 Å². The van der Waals surface area contributed by atoms with Gasteiger partial charge in [0.2, 0.25) is 0 Å². The van der Waals surface area contributed by atoms with Gasteiger partial charge < -0.3 is 28.4 Å². The summed E-state index contributed by atoms with van der Waals surface area (Å²) in [5.41, 5.74) is 4.21. The number of methoxy groups -OCH3 is 1. The van der Waals surface area contributed by atoms with Crippen LogP contribution in [-0.4, -0.2) is 50.3 Å². The quantitative estimate of drug-likeness (QED) is 0.131. The standard InChI is InChI=1S/C38H42O6/c1-3-24-40-34-33(39-2)35(41-25-29-16-8-4-9-17-29)37(43-27-31-20-12-6-13-21-31)38(44-28-32-22-14-7-15-23-32)36(34)42-26-30-18-10-5-11-19-30/h3-23,33-38H,1,24-28H2,2H3/t33-,34-,35-,36-,37+,38+/m0/s1. The SMILES string of the molecule is C=CCO[C@H]1[C@H](OC)[C@H](OCc2ccccc2)[C@@H](OCc2ccccc2)[C@H](OCc2ccccc2)[C@H]1OCc1ccccc1. The first kappa shape index (κ1) is 31.8. The van der Waals surface area contributed by atoms with Gasteiger partial charge in [0.1, 0.15) is 36.6 Å². The molecular formula is C38H42O6. The summed E-state index contributed by atoms with van der Waals surface area (Å²) in [6, 6.07) is 40.4. The fourth-order valence-corrected chi connectivity index (χ4v) is 5.58. The zero-order chi connectivity index (χ0) is 30.4. The molecule has 4 aromatic rings. The summed E-state index contributed by atoms with van der Waals surface area (Å²) >= 11 is 0. The fraction of sp³-hybridized carbons (Fsp3) is 0.316. The molecule has 1 aliphatic rings. The third kappa shape index (κ3) is 8.73. The maximum Gasteiger partial charge on any atom is 0.116 e. The van der Waals surface area contributed by atoms with Crippen molar-refractivity contribution in [1.82, 2.24) is 0 Å². The molecule has 0 saturated heterocycles. The molecule has 0 N–H and O–H groups in total. The summed E-state index contributed by atoms with van der Waals surface area (Å²) in [7, 11) is 1.68. The van der Waals surface area contributed by atoms with Gasteiger partial charge in [0.05, 0.1) is 33.0 Å². The van der Waals surface area contributed by atoms with Gasteiger partial charge >= 0.3 is 0 Å². The Kier molecular flexibility index (Phi) is 12.3. The Balaban J connectivity index is 1.50. The summed E-state index contributed by atoms with van der Waals surface area (Å²) in [6.45, 7) is 5.72. The molecular weight excluding hydrogens is 552 g/mol. The van der Waals surface area contributed by atoms with E-state index in [2.05, 4.69) is 30.8 Å². The molecule has 44 heavy (non-hydrogen) atoms. The van der Waals surface area contributed by atoms with Crippen LogP contribution >= 0.6 is 0 Å². The van der Waals surface area contributed by atoms with Crippen LogP contribution in [0.1, 0.15) is 22.3 Å². The predicted octanol–water partition coefficient (Wildman–Crippen LogP) is 6.93. The summed E-state index contributed by atoms with van der Waals surface area (Å²) < 4.78 is 39.5. The third-order valence-corrected chi connectivity index (χ3v) is 7.76. The van der Waals surface area contributed by atoms with Crippen LogP contribution in [-0.2, 0) is 54.8 Å². The molecule has 0 aromatic heterocycles. The highest BCUT2D eigenvalue weighted by Gasteiger charge is 2.54. The first-order valence-corrected chi connectivity index (χ1v) is 15.1. The van der Waals surface area contributed by atoms with E-state index < -0.39 is 36.6 Å².